The monoisotopic (exact) mass is 1320 g/mol. The summed E-state index contributed by atoms with van der Waals surface area (Å²) in [6.45, 7) is 14.1. The predicted octanol–water partition coefficient (Wildman–Crippen LogP) is 20.1. The van der Waals surface area contributed by atoms with Crippen LogP contribution in [0.1, 0.15) is 351 Å². The third-order valence-electron chi connectivity index (χ3n) is 16.7. The smallest absolute Gasteiger partial charge is 0.462 e. The van der Waals surface area contributed by atoms with Crippen LogP contribution in [0.2, 0.25) is 0 Å². The Kier molecular flexibility index (Phi) is 59.4. The van der Waals surface area contributed by atoms with Crippen molar-refractivity contribution in [2.24, 2.45) is 23.7 Å². The molecular formula is C71H138O17P2. The quantitative estimate of drug-likeness (QED) is 0.0222. The highest BCUT2D eigenvalue weighted by atomic mass is 31.2. The third kappa shape index (κ3) is 63.5. The zero-order valence-corrected chi connectivity index (χ0v) is 60.6. The van der Waals surface area contributed by atoms with Gasteiger partial charge in [0, 0.05) is 25.7 Å². The molecule has 3 N–H and O–H groups in total. The van der Waals surface area contributed by atoms with E-state index in [1.54, 1.807) is 0 Å². The van der Waals surface area contributed by atoms with Crippen molar-refractivity contribution < 1.29 is 80.2 Å². The summed E-state index contributed by atoms with van der Waals surface area (Å²) in [5.41, 5.74) is 0. The highest BCUT2D eigenvalue weighted by Gasteiger charge is 2.30. The summed E-state index contributed by atoms with van der Waals surface area (Å²) >= 11 is 0. The number of unbranched alkanes of at least 4 members (excludes halogenated alkanes) is 33. The topological polar surface area (TPSA) is 237 Å². The molecule has 0 bridgehead atoms. The van der Waals surface area contributed by atoms with Gasteiger partial charge in [0.1, 0.15) is 19.3 Å². The number of aliphatic hydroxyl groups excluding tert-OH is 1. The zero-order valence-electron chi connectivity index (χ0n) is 58.8. The van der Waals surface area contributed by atoms with Crippen LogP contribution in [-0.4, -0.2) is 96.7 Å². The lowest BCUT2D eigenvalue weighted by atomic mass is 9.99. The molecule has 0 amide bonds. The van der Waals surface area contributed by atoms with Crippen molar-refractivity contribution in [3.05, 3.63) is 0 Å². The number of hydrogen-bond acceptors (Lipinski definition) is 15. The Morgan fingerprint density at radius 3 is 0.789 bits per heavy atom. The van der Waals surface area contributed by atoms with Crippen molar-refractivity contribution in [3.8, 4) is 0 Å². The van der Waals surface area contributed by atoms with E-state index in [2.05, 4.69) is 55.4 Å². The molecule has 0 spiro atoms. The van der Waals surface area contributed by atoms with Crippen LogP contribution in [0.25, 0.3) is 0 Å². The number of hydrogen-bond donors (Lipinski definition) is 3. The standard InChI is InChI=1S/C71H138O17P2/c1-9-64(8)50-42-34-26-16-13-14-17-27-35-43-51-68(73)81-57-67(88-71(76)54-46-38-30-22-20-25-33-41-49-63(6)7)60-86-90(79,80)84-56-65(72)55-83-89(77,78)85-59-66(58-82-69(74)52-44-36-28-21-19-24-32-40-48-62(4)5)87-70(75)53-45-37-29-18-12-10-11-15-23-31-39-47-61(2)3/h61-67,72H,9-60H2,1-8H3,(H,77,78)(H,79,80)/t64?,65?,66-,67-/m1/s1. The first-order valence-electron chi connectivity index (χ1n) is 36.7. The normalized spacial score (nSPS) is 14.6. The maximum atomic E-state index is 13.0. The lowest BCUT2D eigenvalue weighted by Gasteiger charge is -2.21. The van der Waals surface area contributed by atoms with Crippen LogP contribution in [0, 0.1) is 23.7 Å². The zero-order chi connectivity index (χ0) is 66.8. The molecule has 0 fully saturated rings. The molecule has 534 valence electrons. The van der Waals surface area contributed by atoms with E-state index in [0.717, 1.165) is 114 Å². The molecule has 0 saturated carbocycles. The van der Waals surface area contributed by atoms with Crippen molar-refractivity contribution in [2.75, 3.05) is 39.6 Å². The predicted molar refractivity (Wildman–Crippen MR) is 363 cm³/mol. The summed E-state index contributed by atoms with van der Waals surface area (Å²) in [5, 5.41) is 10.6. The van der Waals surface area contributed by atoms with Gasteiger partial charge in [-0.15, -0.1) is 0 Å². The molecule has 90 heavy (non-hydrogen) atoms. The summed E-state index contributed by atoms with van der Waals surface area (Å²) in [6, 6.07) is 0. The highest BCUT2D eigenvalue weighted by Crippen LogP contribution is 2.45. The fraction of sp³-hybridized carbons (Fsp3) is 0.944. The van der Waals surface area contributed by atoms with Crippen molar-refractivity contribution >= 4 is 39.5 Å². The number of carbonyl (C=O) groups excluding carboxylic acids is 4. The second-order valence-corrected chi connectivity index (χ2v) is 30.2. The van der Waals surface area contributed by atoms with Gasteiger partial charge in [0.25, 0.3) is 0 Å². The minimum absolute atomic E-state index is 0.104. The van der Waals surface area contributed by atoms with Gasteiger partial charge in [-0.3, -0.25) is 37.3 Å². The number of carbonyl (C=O) groups is 4. The number of phosphoric ester groups is 2. The van der Waals surface area contributed by atoms with E-state index in [4.69, 9.17) is 37.0 Å². The molecular weight excluding hydrogens is 1190 g/mol. The second-order valence-electron chi connectivity index (χ2n) is 27.3. The molecule has 0 aromatic heterocycles. The minimum Gasteiger partial charge on any atom is -0.462 e. The van der Waals surface area contributed by atoms with Crippen molar-refractivity contribution in [3.63, 3.8) is 0 Å². The van der Waals surface area contributed by atoms with Crippen molar-refractivity contribution in [1.29, 1.82) is 0 Å². The number of aliphatic hydroxyl groups is 1. The van der Waals surface area contributed by atoms with Gasteiger partial charge in [-0.2, -0.15) is 0 Å². The van der Waals surface area contributed by atoms with E-state index in [9.17, 15) is 43.2 Å². The number of rotatable bonds is 68. The van der Waals surface area contributed by atoms with E-state index in [1.807, 2.05) is 0 Å². The third-order valence-corrected chi connectivity index (χ3v) is 18.6. The van der Waals surface area contributed by atoms with E-state index in [0.29, 0.717) is 25.7 Å². The molecule has 17 nitrogen and oxygen atoms in total. The molecule has 0 rings (SSSR count). The molecule has 0 aliphatic carbocycles. The first-order valence-corrected chi connectivity index (χ1v) is 39.7. The summed E-state index contributed by atoms with van der Waals surface area (Å²) in [5.74, 6) is 0.890. The van der Waals surface area contributed by atoms with E-state index in [-0.39, 0.29) is 25.7 Å². The second kappa shape index (κ2) is 60.7. The lowest BCUT2D eigenvalue weighted by molar-refractivity contribution is -0.161. The van der Waals surface area contributed by atoms with Crippen LogP contribution in [0.5, 0.6) is 0 Å². The number of esters is 4. The van der Waals surface area contributed by atoms with Gasteiger partial charge in [0.05, 0.1) is 26.4 Å². The summed E-state index contributed by atoms with van der Waals surface area (Å²) in [6.07, 6.45) is 43.0. The number of ether oxygens (including phenoxy) is 4. The molecule has 0 aliphatic rings. The summed E-state index contributed by atoms with van der Waals surface area (Å²) in [4.78, 5) is 72.6. The van der Waals surface area contributed by atoms with Crippen LogP contribution in [0.15, 0.2) is 0 Å². The maximum absolute atomic E-state index is 13.0. The van der Waals surface area contributed by atoms with Crippen molar-refractivity contribution in [2.45, 2.75) is 369 Å². The first kappa shape index (κ1) is 88.1. The van der Waals surface area contributed by atoms with E-state index in [1.165, 1.54) is 154 Å². The molecule has 0 heterocycles. The van der Waals surface area contributed by atoms with Gasteiger partial charge >= 0.3 is 39.5 Å². The number of phosphoric acid groups is 2. The fourth-order valence-corrected chi connectivity index (χ4v) is 12.2. The molecule has 19 heteroatoms. The van der Waals surface area contributed by atoms with Crippen LogP contribution in [0.4, 0.5) is 0 Å². The molecule has 0 saturated heterocycles. The van der Waals surface area contributed by atoms with E-state index >= 15 is 0 Å². The summed E-state index contributed by atoms with van der Waals surface area (Å²) < 4.78 is 68.3. The Labute approximate surface area is 549 Å². The Morgan fingerprint density at radius 2 is 0.533 bits per heavy atom. The molecule has 0 aromatic carbocycles. The molecule has 6 atom stereocenters. The SMILES string of the molecule is CCC(C)CCCCCCCCCCCCC(=O)OC[C@H](COP(=O)(O)OCC(O)COP(=O)(O)OC[C@@H](COC(=O)CCCCCCCCCCC(C)C)OC(=O)CCCCCCCCCCCCCC(C)C)OC(=O)CCCCCCCCCCC(C)C. The molecule has 0 aromatic rings. The van der Waals surface area contributed by atoms with Gasteiger partial charge in [0.2, 0.25) is 0 Å². The Balaban J connectivity index is 5.26. The Morgan fingerprint density at radius 1 is 0.311 bits per heavy atom. The van der Waals surface area contributed by atoms with Gasteiger partial charge in [-0.25, -0.2) is 9.13 Å². The van der Waals surface area contributed by atoms with Crippen LogP contribution >= 0.6 is 15.6 Å². The van der Waals surface area contributed by atoms with Gasteiger partial charge in [-0.1, -0.05) is 299 Å². The average Bonchev–Trinajstić information content (AvgIpc) is 3.56. The molecule has 4 unspecified atom stereocenters. The Hall–Kier alpha value is -1.94. The minimum atomic E-state index is -4.95. The van der Waals surface area contributed by atoms with Crippen LogP contribution < -0.4 is 0 Å². The van der Waals surface area contributed by atoms with E-state index < -0.39 is 97.5 Å². The fourth-order valence-electron chi connectivity index (χ4n) is 10.6. The van der Waals surface area contributed by atoms with Gasteiger partial charge in [-0.05, 0) is 49.4 Å². The van der Waals surface area contributed by atoms with Gasteiger partial charge < -0.3 is 33.8 Å². The maximum Gasteiger partial charge on any atom is 0.472 e. The highest BCUT2D eigenvalue weighted by molar-refractivity contribution is 7.47. The lowest BCUT2D eigenvalue weighted by Crippen LogP contribution is -2.30. The Bertz CT molecular complexity index is 1780. The summed E-state index contributed by atoms with van der Waals surface area (Å²) in [7, 11) is -9.90. The van der Waals surface area contributed by atoms with Crippen molar-refractivity contribution in [1.82, 2.24) is 0 Å². The van der Waals surface area contributed by atoms with Crippen LogP contribution in [-0.2, 0) is 65.4 Å². The van der Waals surface area contributed by atoms with Gasteiger partial charge in [0.15, 0.2) is 12.2 Å². The van der Waals surface area contributed by atoms with Crippen LogP contribution in [0.3, 0.4) is 0 Å². The average molecular weight is 1330 g/mol. The molecule has 0 radical (unpaired) electrons. The first-order chi connectivity index (χ1) is 43.1. The largest absolute Gasteiger partial charge is 0.472 e. The molecule has 0 aliphatic heterocycles.